The van der Waals surface area contributed by atoms with Crippen molar-refractivity contribution in [3.8, 4) is 11.3 Å². The number of carboxylic acids is 1. The predicted molar refractivity (Wildman–Crippen MR) is 85.9 cm³/mol. The number of carboxylic acid groups (broad SMARTS) is 1. The van der Waals surface area contributed by atoms with Crippen LogP contribution in [0.3, 0.4) is 0 Å². The molecule has 0 saturated carbocycles. The molecule has 0 atom stereocenters. The first kappa shape index (κ1) is 15.0. The minimum absolute atomic E-state index is 0.154. The van der Waals surface area contributed by atoms with Crippen LogP contribution in [0.25, 0.3) is 11.3 Å². The zero-order valence-electron chi connectivity index (χ0n) is 11.0. The molecule has 0 aliphatic rings. The monoisotopic (exact) mass is 353 g/mol. The van der Waals surface area contributed by atoms with Crippen molar-refractivity contribution in [2.75, 3.05) is 0 Å². The Morgan fingerprint density at radius 3 is 2.82 bits per heavy atom. The Balaban J connectivity index is 1.80. The van der Waals surface area contributed by atoms with E-state index in [-0.39, 0.29) is 5.56 Å². The van der Waals surface area contributed by atoms with Gasteiger partial charge in [0.1, 0.15) is 5.01 Å². The molecule has 2 aromatic heterocycles. The first-order valence-electron chi connectivity index (χ1n) is 6.18. The van der Waals surface area contributed by atoms with Crippen LogP contribution in [0.5, 0.6) is 0 Å². The number of hydrogen-bond acceptors (Lipinski definition) is 4. The maximum Gasteiger partial charge on any atom is 0.338 e. The van der Waals surface area contributed by atoms with E-state index in [1.807, 2.05) is 11.4 Å². The lowest BCUT2D eigenvalue weighted by molar-refractivity contribution is 0.0697. The van der Waals surface area contributed by atoms with Crippen LogP contribution < -0.4 is 0 Å². The minimum atomic E-state index is -0.998. The molecule has 2 heterocycles. The highest BCUT2D eigenvalue weighted by atomic mass is 35.5. The lowest BCUT2D eigenvalue weighted by atomic mass is 10.2. The molecule has 8 heteroatoms. The number of aromatic nitrogens is 3. The molecule has 3 aromatic rings. The van der Waals surface area contributed by atoms with Gasteiger partial charge in [-0.25, -0.2) is 9.78 Å². The van der Waals surface area contributed by atoms with Gasteiger partial charge in [-0.05, 0) is 12.1 Å². The van der Waals surface area contributed by atoms with Crippen molar-refractivity contribution < 1.29 is 9.90 Å². The van der Waals surface area contributed by atoms with Crippen molar-refractivity contribution in [3.63, 3.8) is 0 Å². The lowest BCUT2D eigenvalue weighted by Gasteiger charge is -2.00. The largest absolute Gasteiger partial charge is 0.478 e. The van der Waals surface area contributed by atoms with Crippen molar-refractivity contribution >= 4 is 40.5 Å². The number of carbonyl (C=O) groups is 1. The topological polar surface area (TPSA) is 68.0 Å². The third-order valence-electron chi connectivity index (χ3n) is 2.94. The van der Waals surface area contributed by atoms with Gasteiger partial charge in [-0.2, -0.15) is 5.10 Å². The molecule has 0 aliphatic heterocycles. The molecule has 0 bridgehead atoms. The van der Waals surface area contributed by atoms with Gasteiger partial charge in [0.05, 0.1) is 34.0 Å². The third kappa shape index (κ3) is 3.14. The molecule has 22 heavy (non-hydrogen) atoms. The SMILES string of the molecule is O=C(O)c1cnn(Cc2nc(-c3ccc(Cl)c(Cl)c3)cs2)c1. The Labute approximate surface area is 139 Å². The quantitative estimate of drug-likeness (QED) is 0.767. The summed E-state index contributed by atoms with van der Waals surface area (Å²) < 4.78 is 1.54. The standard InChI is InChI=1S/C14H9Cl2N3O2S/c15-10-2-1-8(3-11(10)16)12-7-22-13(18-12)6-19-5-9(4-17-19)14(20)21/h1-5,7H,6H2,(H,20,21). The molecular weight excluding hydrogens is 345 g/mol. The second-order valence-corrected chi connectivity index (χ2v) is 6.24. The first-order valence-corrected chi connectivity index (χ1v) is 7.82. The highest BCUT2D eigenvalue weighted by Crippen LogP contribution is 2.29. The molecule has 1 aromatic carbocycles. The Morgan fingerprint density at radius 2 is 2.14 bits per heavy atom. The zero-order valence-corrected chi connectivity index (χ0v) is 13.4. The Hall–Kier alpha value is -1.89. The fourth-order valence-corrected chi connectivity index (χ4v) is 2.96. The van der Waals surface area contributed by atoms with Crippen molar-refractivity contribution in [3.05, 3.63) is 56.6 Å². The summed E-state index contributed by atoms with van der Waals surface area (Å²) in [4.78, 5) is 15.3. The molecule has 1 N–H and O–H groups in total. The lowest BCUT2D eigenvalue weighted by Crippen LogP contribution is -2.00. The normalized spacial score (nSPS) is 10.8. The van der Waals surface area contributed by atoms with Crippen LogP contribution in [0.15, 0.2) is 36.0 Å². The number of thiazole rings is 1. The van der Waals surface area contributed by atoms with Gasteiger partial charge in [-0.15, -0.1) is 11.3 Å². The number of nitrogens with zero attached hydrogens (tertiary/aromatic N) is 3. The van der Waals surface area contributed by atoms with Gasteiger partial charge in [0.15, 0.2) is 0 Å². The van der Waals surface area contributed by atoms with E-state index >= 15 is 0 Å². The highest BCUT2D eigenvalue weighted by Gasteiger charge is 2.10. The van der Waals surface area contributed by atoms with Crippen molar-refractivity contribution in [2.24, 2.45) is 0 Å². The average Bonchev–Trinajstić information content (AvgIpc) is 3.12. The molecule has 0 unspecified atom stereocenters. The van der Waals surface area contributed by atoms with E-state index in [4.69, 9.17) is 28.3 Å². The molecule has 0 aliphatic carbocycles. The summed E-state index contributed by atoms with van der Waals surface area (Å²) >= 11 is 13.4. The third-order valence-corrected chi connectivity index (χ3v) is 4.52. The van der Waals surface area contributed by atoms with Crippen molar-refractivity contribution in [1.82, 2.24) is 14.8 Å². The zero-order chi connectivity index (χ0) is 15.7. The molecule has 3 rings (SSSR count). The van der Waals surface area contributed by atoms with Crippen LogP contribution in [0.4, 0.5) is 0 Å². The number of benzene rings is 1. The Morgan fingerprint density at radius 1 is 1.32 bits per heavy atom. The summed E-state index contributed by atoms with van der Waals surface area (Å²) in [7, 11) is 0. The number of aromatic carboxylic acids is 1. The van der Waals surface area contributed by atoms with Crippen LogP contribution in [0.2, 0.25) is 10.0 Å². The Bertz CT molecular complexity index is 844. The van der Waals surface area contributed by atoms with E-state index in [2.05, 4.69) is 10.1 Å². The summed E-state index contributed by atoms with van der Waals surface area (Å²) in [5, 5.41) is 16.6. The fourth-order valence-electron chi connectivity index (χ4n) is 1.87. The first-order chi connectivity index (χ1) is 10.5. The van der Waals surface area contributed by atoms with Crippen LogP contribution in [0, 0.1) is 0 Å². The van der Waals surface area contributed by atoms with Crippen molar-refractivity contribution in [1.29, 1.82) is 0 Å². The molecule has 0 spiro atoms. The second kappa shape index (κ2) is 6.08. The van der Waals surface area contributed by atoms with E-state index in [0.717, 1.165) is 16.3 Å². The fraction of sp³-hybridized carbons (Fsp3) is 0.0714. The van der Waals surface area contributed by atoms with Gasteiger partial charge in [0, 0.05) is 17.1 Å². The van der Waals surface area contributed by atoms with Gasteiger partial charge in [-0.1, -0.05) is 29.3 Å². The van der Waals surface area contributed by atoms with Gasteiger partial charge < -0.3 is 5.11 Å². The molecule has 0 amide bonds. The molecule has 0 saturated heterocycles. The molecule has 5 nitrogen and oxygen atoms in total. The smallest absolute Gasteiger partial charge is 0.338 e. The van der Waals surface area contributed by atoms with Gasteiger partial charge in [0.2, 0.25) is 0 Å². The van der Waals surface area contributed by atoms with Crippen LogP contribution in [-0.4, -0.2) is 25.8 Å². The second-order valence-electron chi connectivity index (χ2n) is 4.49. The minimum Gasteiger partial charge on any atom is -0.478 e. The van der Waals surface area contributed by atoms with E-state index in [0.29, 0.717) is 16.6 Å². The maximum absolute atomic E-state index is 10.8. The summed E-state index contributed by atoms with van der Waals surface area (Å²) in [5.41, 5.74) is 1.83. The predicted octanol–water partition coefficient (Wildman–Crippen LogP) is 4.06. The summed E-state index contributed by atoms with van der Waals surface area (Å²) in [5.74, 6) is -0.998. The number of rotatable bonds is 4. The van der Waals surface area contributed by atoms with Gasteiger partial charge in [0.25, 0.3) is 0 Å². The summed E-state index contributed by atoms with van der Waals surface area (Å²) in [6, 6.07) is 5.34. The summed E-state index contributed by atoms with van der Waals surface area (Å²) in [6.07, 6.45) is 2.79. The van der Waals surface area contributed by atoms with E-state index < -0.39 is 5.97 Å². The van der Waals surface area contributed by atoms with Crippen LogP contribution in [0.1, 0.15) is 15.4 Å². The molecule has 112 valence electrons. The van der Waals surface area contributed by atoms with E-state index in [9.17, 15) is 4.79 Å². The summed E-state index contributed by atoms with van der Waals surface area (Å²) in [6.45, 7) is 0.416. The van der Waals surface area contributed by atoms with E-state index in [1.165, 1.54) is 23.7 Å². The molecule has 0 fully saturated rings. The number of halogens is 2. The highest BCUT2D eigenvalue weighted by molar-refractivity contribution is 7.09. The van der Waals surface area contributed by atoms with Crippen molar-refractivity contribution in [2.45, 2.75) is 6.54 Å². The van der Waals surface area contributed by atoms with Crippen LogP contribution >= 0.6 is 34.5 Å². The van der Waals surface area contributed by atoms with Gasteiger partial charge >= 0.3 is 5.97 Å². The van der Waals surface area contributed by atoms with E-state index in [1.54, 1.807) is 16.8 Å². The maximum atomic E-state index is 10.8. The molecule has 0 radical (unpaired) electrons. The van der Waals surface area contributed by atoms with Gasteiger partial charge in [-0.3, -0.25) is 4.68 Å². The van der Waals surface area contributed by atoms with Crippen LogP contribution in [-0.2, 0) is 6.54 Å². The number of hydrogen-bond donors (Lipinski definition) is 1. The molecular formula is C14H9Cl2N3O2S. The average molecular weight is 354 g/mol. The Kier molecular flexibility index (Phi) is 4.15.